The van der Waals surface area contributed by atoms with Gasteiger partial charge in [-0.05, 0) is 18.6 Å². The number of likely N-dealkylation sites (tertiary alicyclic amines) is 1. The Kier molecular flexibility index (Phi) is 4.00. The Labute approximate surface area is 113 Å². The van der Waals surface area contributed by atoms with E-state index in [1.807, 2.05) is 42.2 Å². The molecule has 0 aromatic heterocycles. The second kappa shape index (κ2) is 5.69. The van der Waals surface area contributed by atoms with Crippen molar-refractivity contribution < 1.29 is 9.59 Å². The quantitative estimate of drug-likeness (QED) is 0.832. The Hall–Kier alpha value is -2.10. The summed E-state index contributed by atoms with van der Waals surface area (Å²) >= 11 is 0. The van der Waals surface area contributed by atoms with Crippen LogP contribution in [-0.4, -0.2) is 28.8 Å². The highest BCUT2D eigenvalue weighted by Gasteiger charge is 2.37. The fourth-order valence-corrected chi connectivity index (χ4v) is 2.35. The van der Waals surface area contributed by atoms with Crippen LogP contribution in [0.1, 0.15) is 18.9 Å². The van der Waals surface area contributed by atoms with Crippen LogP contribution < -0.4 is 5.32 Å². The van der Waals surface area contributed by atoms with E-state index in [4.69, 9.17) is 0 Å². The maximum absolute atomic E-state index is 12.0. The van der Waals surface area contributed by atoms with Gasteiger partial charge in [-0.2, -0.15) is 0 Å². The number of carbonyl (C=O) groups is 2. The van der Waals surface area contributed by atoms with Crippen LogP contribution in [0, 0.1) is 0 Å². The summed E-state index contributed by atoms with van der Waals surface area (Å²) in [4.78, 5) is 25.2. The lowest BCUT2D eigenvalue weighted by Crippen LogP contribution is -2.42. The molecule has 1 fully saturated rings. The van der Waals surface area contributed by atoms with E-state index >= 15 is 0 Å². The zero-order valence-corrected chi connectivity index (χ0v) is 11.0. The van der Waals surface area contributed by atoms with Crippen LogP contribution in [0.4, 0.5) is 0 Å². The van der Waals surface area contributed by atoms with E-state index in [0.29, 0.717) is 13.0 Å². The minimum absolute atomic E-state index is 0.00314. The second-order valence-electron chi connectivity index (χ2n) is 4.77. The predicted molar refractivity (Wildman–Crippen MR) is 73.2 cm³/mol. The van der Waals surface area contributed by atoms with Crippen molar-refractivity contribution in [2.75, 3.05) is 0 Å². The molecule has 0 spiro atoms. The highest BCUT2D eigenvalue weighted by atomic mass is 16.2. The molecule has 0 radical (unpaired) electrons. The summed E-state index contributed by atoms with van der Waals surface area (Å²) in [5.74, 6) is -0.156. The predicted octanol–water partition coefficient (Wildman–Crippen LogP) is 1.48. The molecule has 1 aromatic carbocycles. The number of nitrogens with one attached hydrogen (secondary N) is 1. The molecule has 100 valence electrons. The van der Waals surface area contributed by atoms with Gasteiger partial charge in [0.05, 0.1) is 6.04 Å². The van der Waals surface area contributed by atoms with Gasteiger partial charge in [0.1, 0.15) is 0 Å². The molecule has 0 aliphatic carbocycles. The van der Waals surface area contributed by atoms with Gasteiger partial charge in [0.2, 0.25) is 11.8 Å². The number of rotatable bonds is 4. The Balaban J connectivity index is 2.04. The van der Waals surface area contributed by atoms with Gasteiger partial charge in [-0.1, -0.05) is 36.9 Å². The van der Waals surface area contributed by atoms with Crippen LogP contribution in [0.25, 0.3) is 0 Å². The lowest BCUT2D eigenvalue weighted by atomic mass is 10.1. The van der Waals surface area contributed by atoms with E-state index in [0.717, 1.165) is 5.56 Å². The summed E-state index contributed by atoms with van der Waals surface area (Å²) in [6.07, 6.45) is 1.59. The molecule has 4 nitrogen and oxygen atoms in total. The van der Waals surface area contributed by atoms with Crippen molar-refractivity contribution in [3.05, 3.63) is 48.6 Å². The molecule has 4 heteroatoms. The summed E-state index contributed by atoms with van der Waals surface area (Å²) in [7, 11) is 0. The average Bonchev–Trinajstić information content (AvgIpc) is 2.67. The lowest BCUT2D eigenvalue weighted by Gasteiger charge is -2.25. The fourth-order valence-electron chi connectivity index (χ4n) is 2.35. The van der Waals surface area contributed by atoms with Crippen LogP contribution in [-0.2, 0) is 16.1 Å². The molecule has 1 aromatic rings. The van der Waals surface area contributed by atoms with Crippen LogP contribution in [0.2, 0.25) is 0 Å². The van der Waals surface area contributed by atoms with Crippen molar-refractivity contribution in [3.63, 3.8) is 0 Å². The van der Waals surface area contributed by atoms with E-state index in [-0.39, 0.29) is 23.9 Å². The standard InChI is InChI=1S/C15H18N2O2/c1-3-14(18)16-13-9-15(19)17(11(13)2)10-12-7-5-4-6-8-12/h3-8,11,13H,1,9-10H2,2H3,(H,16,18). The molecule has 2 amide bonds. The van der Waals surface area contributed by atoms with Crippen molar-refractivity contribution in [3.8, 4) is 0 Å². The van der Waals surface area contributed by atoms with E-state index in [1.54, 1.807) is 0 Å². The maximum Gasteiger partial charge on any atom is 0.243 e. The first-order valence-corrected chi connectivity index (χ1v) is 6.38. The van der Waals surface area contributed by atoms with Crippen molar-refractivity contribution in [2.24, 2.45) is 0 Å². The number of amides is 2. The molecule has 0 saturated carbocycles. The van der Waals surface area contributed by atoms with Gasteiger partial charge in [-0.15, -0.1) is 0 Å². The smallest absolute Gasteiger partial charge is 0.243 e. The summed E-state index contributed by atoms with van der Waals surface area (Å²) in [5, 5.41) is 2.80. The third-order valence-corrected chi connectivity index (χ3v) is 3.50. The average molecular weight is 258 g/mol. The third kappa shape index (κ3) is 3.02. The summed E-state index contributed by atoms with van der Waals surface area (Å²) < 4.78 is 0. The molecule has 1 N–H and O–H groups in total. The molecular formula is C15H18N2O2. The molecule has 1 aliphatic heterocycles. The van der Waals surface area contributed by atoms with E-state index in [1.165, 1.54) is 6.08 Å². The monoisotopic (exact) mass is 258 g/mol. The Bertz CT molecular complexity index is 484. The van der Waals surface area contributed by atoms with Crippen molar-refractivity contribution >= 4 is 11.8 Å². The molecule has 1 saturated heterocycles. The highest BCUT2D eigenvalue weighted by molar-refractivity contribution is 5.88. The molecule has 2 unspecified atom stereocenters. The molecular weight excluding hydrogens is 240 g/mol. The number of nitrogens with zero attached hydrogens (tertiary/aromatic N) is 1. The largest absolute Gasteiger partial charge is 0.347 e. The summed E-state index contributed by atoms with van der Waals surface area (Å²) in [6.45, 7) is 5.97. The second-order valence-corrected chi connectivity index (χ2v) is 4.77. The SMILES string of the molecule is C=CC(=O)NC1CC(=O)N(Cc2ccccc2)C1C. The van der Waals surface area contributed by atoms with Crippen LogP contribution in [0.5, 0.6) is 0 Å². The Morgan fingerprint density at radius 2 is 2.16 bits per heavy atom. The highest BCUT2D eigenvalue weighted by Crippen LogP contribution is 2.21. The first kappa shape index (κ1) is 13.3. The van der Waals surface area contributed by atoms with Gasteiger partial charge in [-0.3, -0.25) is 9.59 Å². The lowest BCUT2D eigenvalue weighted by molar-refractivity contribution is -0.129. The maximum atomic E-state index is 12.0. The molecule has 19 heavy (non-hydrogen) atoms. The fraction of sp³-hybridized carbons (Fsp3) is 0.333. The Morgan fingerprint density at radius 3 is 2.79 bits per heavy atom. The first-order valence-electron chi connectivity index (χ1n) is 6.38. The summed E-state index contributed by atoms with van der Waals surface area (Å²) in [5.41, 5.74) is 1.10. The summed E-state index contributed by atoms with van der Waals surface area (Å²) in [6, 6.07) is 9.71. The van der Waals surface area contributed by atoms with Crippen LogP contribution >= 0.6 is 0 Å². The number of hydrogen-bond donors (Lipinski definition) is 1. The van der Waals surface area contributed by atoms with E-state index in [2.05, 4.69) is 11.9 Å². The molecule has 1 heterocycles. The van der Waals surface area contributed by atoms with Crippen molar-refractivity contribution in [1.82, 2.24) is 10.2 Å². The Morgan fingerprint density at radius 1 is 1.47 bits per heavy atom. The topological polar surface area (TPSA) is 49.4 Å². The number of hydrogen-bond acceptors (Lipinski definition) is 2. The van der Waals surface area contributed by atoms with E-state index in [9.17, 15) is 9.59 Å². The molecule has 2 rings (SSSR count). The van der Waals surface area contributed by atoms with Crippen molar-refractivity contribution in [2.45, 2.75) is 32.0 Å². The van der Waals surface area contributed by atoms with Gasteiger partial charge >= 0.3 is 0 Å². The van der Waals surface area contributed by atoms with Crippen LogP contribution in [0.15, 0.2) is 43.0 Å². The van der Waals surface area contributed by atoms with Crippen molar-refractivity contribution in [1.29, 1.82) is 0 Å². The first-order chi connectivity index (χ1) is 9.11. The molecule has 1 aliphatic rings. The molecule has 2 atom stereocenters. The van der Waals surface area contributed by atoms with Gasteiger partial charge in [0.15, 0.2) is 0 Å². The van der Waals surface area contributed by atoms with E-state index < -0.39 is 0 Å². The minimum atomic E-state index is -0.230. The zero-order valence-electron chi connectivity index (χ0n) is 11.0. The van der Waals surface area contributed by atoms with Gasteiger partial charge in [0.25, 0.3) is 0 Å². The van der Waals surface area contributed by atoms with Gasteiger partial charge < -0.3 is 10.2 Å². The number of carbonyl (C=O) groups excluding carboxylic acids is 2. The van der Waals surface area contributed by atoms with Gasteiger partial charge in [0, 0.05) is 19.0 Å². The zero-order chi connectivity index (χ0) is 13.8. The third-order valence-electron chi connectivity index (χ3n) is 3.50. The van der Waals surface area contributed by atoms with Gasteiger partial charge in [-0.25, -0.2) is 0 Å². The molecule has 0 bridgehead atoms. The minimum Gasteiger partial charge on any atom is -0.347 e. The normalized spacial score (nSPS) is 22.4. The number of benzene rings is 1. The van der Waals surface area contributed by atoms with Crippen LogP contribution in [0.3, 0.4) is 0 Å².